The highest BCUT2D eigenvalue weighted by Gasteiger charge is 2.19. The largest absolute Gasteiger partial charge is 0.394 e. The van der Waals surface area contributed by atoms with Gasteiger partial charge in [-0.2, -0.15) is 0 Å². The van der Waals surface area contributed by atoms with E-state index in [9.17, 15) is 9.50 Å². The van der Waals surface area contributed by atoms with E-state index in [0.717, 1.165) is 0 Å². The van der Waals surface area contributed by atoms with Gasteiger partial charge in [-0.05, 0) is 19.9 Å². The van der Waals surface area contributed by atoms with Crippen molar-refractivity contribution in [2.45, 2.75) is 25.5 Å². The van der Waals surface area contributed by atoms with E-state index in [1.165, 1.54) is 6.07 Å². The maximum Gasteiger partial charge on any atom is 0.129 e. The number of hydrogen-bond acceptors (Lipinski definition) is 3. The molecule has 0 spiro atoms. The van der Waals surface area contributed by atoms with E-state index in [-0.39, 0.29) is 18.7 Å². The molecule has 0 aliphatic carbocycles. The second-order valence-electron chi connectivity index (χ2n) is 4.46. The smallest absolute Gasteiger partial charge is 0.129 e. The number of β-amino-alcohol motifs (C(OH)–C–C–N with tert-alkyl or cyclic N) is 1. The summed E-state index contributed by atoms with van der Waals surface area (Å²) in [7, 11) is 0. The van der Waals surface area contributed by atoms with Gasteiger partial charge in [0.25, 0.3) is 0 Å². The Morgan fingerprint density at radius 2 is 2.00 bits per heavy atom. The van der Waals surface area contributed by atoms with E-state index >= 15 is 0 Å². The zero-order valence-corrected chi connectivity index (χ0v) is 9.57. The molecule has 3 N–H and O–H groups in total. The van der Waals surface area contributed by atoms with Crippen LogP contribution in [0.2, 0.25) is 0 Å². The van der Waals surface area contributed by atoms with Crippen molar-refractivity contribution in [2.75, 3.05) is 13.2 Å². The Balaban J connectivity index is 2.60. The minimum absolute atomic E-state index is 0.0447. The van der Waals surface area contributed by atoms with Crippen LogP contribution in [0.4, 0.5) is 4.39 Å². The van der Waals surface area contributed by atoms with E-state index in [1.807, 2.05) is 0 Å². The summed E-state index contributed by atoms with van der Waals surface area (Å²) in [5.41, 5.74) is -0.213. The van der Waals surface area contributed by atoms with Crippen LogP contribution >= 0.6 is 0 Å². The van der Waals surface area contributed by atoms with Crippen molar-refractivity contribution in [3.63, 3.8) is 0 Å². The number of aliphatic hydroxyl groups excluding tert-OH is 2. The molecule has 0 radical (unpaired) electrons. The van der Waals surface area contributed by atoms with Crippen LogP contribution in [0.25, 0.3) is 0 Å². The van der Waals surface area contributed by atoms with E-state index in [1.54, 1.807) is 32.0 Å². The van der Waals surface area contributed by atoms with Crippen LogP contribution in [0, 0.1) is 5.82 Å². The van der Waals surface area contributed by atoms with Gasteiger partial charge >= 0.3 is 0 Å². The van der Waals surface area contributed by atoms with E-state index < -0.39 is 17.5 Å². The van der Waals surface area contributed by atoms with Gasteiger partial charge in [0, 0.05) is 17.6 Å². The Morgan fingerprint density at radius 1 is 1.38 bits per heavy atom. The average Bonchev–Trinajstić information content (AvgIpc) is 2.27. The molecule has 1 aromatic carbocycles. The fourth-order valence-corrected chi connectivity index (χ4v) is 1.28. The maximum absolute atomic E-state index is 13.3. The first-order chi connectivity index (χ1) is 7.46. The summed E-state index contributed by atoms with van der Waals surface area (Å²) in [5.74, 6) is -0.418. The fourth-order valence-electron chi connectivity index (χ4n) is 1.28. The Morgan fingerprint density at radius 3 is 2.56 bits per heavy atom. The molecule has 0 saturated carbocycles. The number of hydrogen-bond donors (Lipinski definition) is 3. The first-order valence-corrected chi connectivity index (χ1v) is 5.24. The Kier molecular flexibility index (Phi) is 4.41. The molecule has 0 bridgehead atoms. The molecule has 0 aromatic heterocycles. The van der Waals surface area contributed by atoms with Gasteiger partial charge in [-0.1, -0.05) is 18.2 Å². The molecule has 1 aromatic rings. The third-order valence-corrected chi connectivity index (χ3v) is 2.43. The summed E-state index contributed by atoms with van der Waals surface area (Å²) < 4.78 is 13.3. The first kappa shape index (κ1) is 13.1. The number of rotatable bonds is 5. The van der Waals surface area contributed by atoms with Crippen molar-refractivity contribution in [2.24, 2.45) is 0 Å². The highest BCUT2D eigenvalue weighted by Crippen LogP contribution is 2.16. The zero-order valence-electron chi connectivity index (χ0n) is 9.57. The molecule has 0 aliphatic heterocycles. The molecule has 0 aliphatic rings. The van der Waals surface area contributed by atoms with Crippen molar-refractivity contribution in [3.8, 4) is 0 Å². The minimum atomic E-state index is -0.910. The van der Waals surface area contributed by atoms with Gasteiger partial charge in [-0.25, -0.2) is 4.39 Å². The highest BCUT2D eigenvalue weighted by atomic mass is 19.1. The lowest BCUT2D eigenvalue weighted by Gasteiger charge is -2.25. The summed E-state index contributed by atoms with van der Waals surface area (Å²) in [6, 6.07) is 6.12. The molecule has 1 atom stereocenters. The molecule has 0 saturated heterocycles. The topological polar surface area (TPSA) is 52.5 Å². The summed E-state index contributed by atoms with van der Waals surface area (Å²) in [5, 5.41) is 21.8. The van der Waals surface area contributed by atoms with Crippen molar-refractivity contribution in [1.82, 2.24) is 5.32 Å². The lowest BCUT2D eigenvalue weighted by atomic mass is 10.0. The van der Waals surface area contributed by atoms with Crippen LogP contribution in [-0.4, -0.2) is 28.9 Å². The first-order valence-electron chi connectivity index (χ1n) is 5.24. The molecule has 1 rings (SSSR count). The van der Waals surface area contributed by atoms with Crippen LogP contribution in [0.3, 0.4) is 0 Å². The van der Waals surface area contributed by atoms with Crippen LogP contribution in [-0.2, 0) is 0 Å². The van der Waals surface area contributed by atoms with Gasteiger partial charge in [0.2, 0.25) is 0 Å². The second kappa shape index (κ2) is 5.39. The Labute approximate surface area is 94.9 Å². The molecular weight excluding hydrogens is 209 g/mol. The minimum Gasteiger partial charge on any atom is -0.394 e. The van der Waals surface area contributed by atoms with E-state index in [0.29, 0.717) is 0 Å². The fraction of sp³-hybridized carbons (Fsp3) is 0.500. The van der Waals surface area contributed by atoms with Gasteiger partial charge in [-0.15, -0.1) is 0 Å². The van der Waals surface area contributed by atoms with E-state index in [2.05, 4.69) is 5.32 Å². The van der Waals surface area contributed by atoms with Gasteiger partial charge in [0.15, 0.2) is 0 Å². The van der Waals surface area contributed by atoms with Crippen LogP contribution < -0.4 is 5.32 Å². The number of benzene rings is 1. The normalized spacial score (nSPS) is 13.8. The summed E-state index contributed by atoms with van der Waals surface area (Å²) in [6.45, 7) is 3.77. The van der Waals surface area contributed by atoms with Crippen molar-refractivity contribution >= 4 is 0 Å². The standard InChI is InChI=1S/C12H18FNO2/c1-12(2,8-15)14-7-11(16)9-5-3-4-6-10(9)13/h3-6,11,14-16H,7-8H2,1-2H3. The molecule has 0 amide bonds. The number of nitrogens with one attached hydrogen (secondary N) is 1. The SMILES string of the molecule is CC(C)(CO)NCC(O)c1ccccc1F. The Hall–Kier alpha value is -0.970. The summed E-state index contributed by atoms with van der Waals surface area (Å²) in [6.07, 6.45) is -0.910. The van der Waals surface area contributed by atoms with Crippen molar-refractivity contribution in [1.29, 1.82) is 0 Å². The lowest BCUT2D eigenvalue weighted by molar-refractivity contribution is 0.133. The van der Waals surface area contributed by atoms with Gasteiger partial charge < -0.3 is 15.5 Å². The average molecular weight is 227 g/mol. The van der Waals surface area contributed by atoms with Crippen LogP contribution in [0.15, 0.2) is 24.3 Å². The van der Waals surface area contributed by atoms with Crippen molar-refractivity contribution in [3.05, 3.63) is 35.6 Å². The molecule has 4 heteroatoms. The number of halogens is 1. The van der Waals surface area contributed by atoms with Gasteiger partial charge in [-0.3, -0.25) is 0 Å². The third kappa shape index (κ3) is 3.56. The summed E-state index contributed by atoms with van der Waals surface area (Å²) >= 11 is 0. The second-order valence-corrected chi connectivity index (χ2v) is 4.46. The predicted octanol–water partition coefficient (Wildman–Crippen LogP) is 1.22. The predicted molar refractivity (Wildman–Crippen MR) is 60.5 cm³/mol. The van der Waals surface area contributed by atoms with Crippen LogP contribution in [0.1, 0.15) is 25.5 Å². The third-order valence-electron chi connectivity index (χ3n) is 2.43. The molecule has 1 unspecified atom stereocenters. The number of aliphatic hydroxyl groups is 2. The monoisotopic (exact) mass is 227 g/mol. The molecule has 0 heterocycles. The summed E-state index contributed by atoms with van der Waals surface area (Å²) in [4.78, 5) is 0. The quantitative estimate of drug-likeness (QED) is 0.709. The Bertz CT molecular complexity index is 342. The maximum atomic E-state index is 13.3. The van der Waals surface area contributed by atoms with Gasteiger partial charge in [0.1, 0.15) is 5.82 Å². The van der Waals surface area contributed by atoms with Crippen LogP contribution in [0.5, 0.6) is 0 Å². The van der Waals surface area contributed by atoms with Gasteiger partial charge in [0.05, 0.1) is 12.7 Å². The van der Waals surface area contributed by atoms with Crippen molar-refractivity contribution < 1.29 is 14.6 Å². The molecular formula is C12H18FNO2. The lowest BCUT2D eigenvalue weighted by Crippen LogP contribution is -2.44. The molecule has 16 heavy (non-hydrogen) atoms. The zero-order chi connectivity index (χ0) is 12.2. The molecule has 0 fully saturated rings. The molecule has 90 valence electrons. The highest BCUT2D eigenvalue weighted by molar-refractivity contribution is 5.20. The molecule has 3 nitrogen and oxygen atoms in total. The van der Waals surface area contributed by atoms with E-state index in [4.69, 9.17) is 5.11 Å².